The first-order valence-corrected chi connectivity index (χ1v) is 9.11. The van der Waals surface area contributed by atoms with Crippen molar-refractivity contribution in [2.24, 2.45) is 0 Å². The van der Waals surface area contributed by atoms with Gasteiger partial charge in [-0.05, 0) is 6.08 Å². The molecule has 1 fully saturated rings. The van der Waals surface area contributed by atoms with E-state index in [1.807, 2.05) is 6.20 Å². The highest BCUT2D eigenvalue weighted by Crippen LogP contribution is 2.45. The molecule has 1 unspecified atom stereocenters. The molecular weight excluding hydrogens is 350 g/mol. The number of thiazole rings is 1. The van der Waals surface area contributed by atoms with Crippen molar-refractivity contribution in [2.45, 2.75) is 18.4 Å². The molecule has 3 aliphatic heterocycles. The highest BCUT2D eigenvalue weighted by molar-refractivity contribution is 8.03. The summed E-state index contributed by atoms with van der Waals surface area (Å²) < 4.78 is 7.53. The maximum atomic E-state index is 12.2. The largest absolute Gasteiger partial charge is 0.477 e. The fraction of sp³-hybridized carbons (Fsp3) is 0.267. The fourth-order valence-electron chi connectivity index (χ4n) is 3.15. The Morgan fingerprint density at radius 1 is 1.50 bits per heavy atom. The summed E-state index contributed by atoms with van der Waals surface area (Å²) >= 11 is 2.94. The third-order valence-corrected chi connectivity index (χ3v) is 6.44. The van der Waals surface area contributed by atoms with Crippen LogP contribution in [-0.4, -0.2) is 43.2 Å². The monoisotopic (exact) mass is 361 g/mol. The minimum Gasteiger partial charge on any atom is -0.477 e. The molecule has 1 saturated heterocycles. The number of aliphatic carboxylic acids is 1. The van der Waals surface area contributed by atoms with Crippen LogP contribution in [0.1, 0.15) is 16.3 Å². The van der Waals surface area contributed by atoms with Crippen molar-refractivity contribution in [3.05, 3.63) is 39.1 Å². The number of thioether (sulfide) groups is 1. The molecule has 0 spiro atoms. The summed E-state index contributed by atoms with van der Waals surface area (Å²) in [5.74, 6) is -1.33. The molecule has 7 nitrogen and oxygen atoms in total. The Morgan fingerprint density at radius 2 is 2.38 bits per heavy atom. The minimum absolute atomic E-state index is 0.0482. The molecule has 9 heteroatoms. The Bertz CT molecular complexity index is 971. The number of carbonyl (C=O) groups is 2. The van der Waals surface area contributed by atoms with Gasteiger partial charge in [-0.25, -0.2) is 9.78 Å². The summed E-state index contributed by atoms with van der Waals surface area (Å²) in [6.45, 7) is 1.35. The third-order valence-electron chi connectivity index (χ3n) is 4.29. The number of amides is 1. The smallest absolute Gasteiger partial charge is 0.353 e. The van der Waals surface area contributed by atoms with Crippen LogP contribution >= 0.6 is 23.1 Å². The summed E-state index contributed by atoms with van der Waals surface area (Å²) in [7, 11) is 0. The zero-order valence-electron chi connectivity index (χ0n) is 12.3. The van der Waals surface area contributed by atoms with Gasteiger partial charge < -0.3 is 9.84 Å². The lowest BCUT2D eigenvalue weighted by molar-refractivity contribution is -0.141. The molecular formula is C15H11N3O4S2. The molecule has 0 saturated carbocycles. The van der Waals surface area contributed by atoms with E-state index in [0.717, 1.165) is 17.1 Å². The van der Waals surface area contributed by atoms with Gasteiger partial charge in [0.2, 0.25) is 0 Å². The molecule has 0 aromatic carbocycles. The number of carbonyl (C=O) groups excluding carboxylic acids is 1. The van der Waals surface area contributed by atoms with Crippen molar-refractivity contribution in [1.82, 2.24) is 14.3 Å². The molecule has 1 amide bonds. The average Bonchev–Trinajstić information content (AvgIpc) is 3.22. The second-order valence-corrected chi connectivity index (χ2v) is 7.68. The van der Waals surface area contributed by atoms with Crippen molar-refractivity contribution in [1.29, 1.82) is 0 Å². The van der Waals surface area contributed by atoms with Gasteiger partial charge in [0.15, 0.2) is 4.96 Å². The highest BCUT2D eigenvalue weighted by Gasteiger charge is 2.49. The van der Waals surface area contributed by atoms with E-state index in [0.29, 0.717) is 18.8 Å². The van der Waals surface area contributed by atoms with E-state index in [1.54, 1.807) is 17.4 Å². The lowest BCUT2D eigenvalue weighted by atomic mass is 10.0. The van der Waals surface area contributed by atoms with Crippen LogP contribution in [0.4, 0.5) is 0 Å². The van der Waals surface area contributed by atoms with Crippen LogP contribution in [0.3, 0.4) is 0 Å². The Morgan fingerprint density at radius 3 is 3.21 bits per heavy atom. The topological polar surface area (TPSA) is 84.1 Å². The molecule has 3 aliphatic rings. The maximum absolute atomic E-state index is 12.2. The van der Waals surface area contributed by atoms with Gasteiger partial charge in [-0.3, -0.25) is 14.1 Å². The number of nitrogens with zero attached hydrogens (tertiary/aromatic N) is 3. The summed E-state index contributed by atoms with van der Waals surface area (Å²) in [6.07, 6.45) is 4.56. The Labute approximate surface area is 144 Å². The van der Waals surface area contributed by atoms with Gasteiger partial charge >= 0.3 is 5.97 Å². The predicted molar refractivity (Wildman–Crippen MR) is 88.3 cm³/mol. The van der Waals surface area contributed by atoms with Gasteiger partial charge in [0.1, 0.15) is 11.1 Å². The summed E-state index contributed by atoms with van der Waals surface area (Å²) in [5.41, 5.74) is 2.59. The number of fused-ring (bicyclic) bond motifs is 4. The fourth-order valence-corrected chi connectivity index (χ4v) is 5.36. The number of hydrogen-bond acceptors (Lipinski definition) is 6. The zero-order chi connectivity index (χ0) is 16.4. The standard InChI is InChI=1S/C15H11N3O4S2/c19-12-8(13-18(12)10(6-23-13)14(20)21)3-7-4-17-9-1-2-22-5-11(9)24-15(17)16-7/h3-4,6,13H,1-2,5H2,(H,20,21). The van der Waals surface area contributed by atoms with Crippen molar-refractivity contribution in [3.63, 3.8) is 0 Å². The van der Waals surface area contributed by atoms with Gasteiger partial charge in [0, 0.05) is 23.7 Å². The van der Waals surface area contributed by atoms with E-state index in [1.165, 1.54) is 32.6 Å². The first-order chi connectivity index (χ1) is 11.6. The molecule has 5 heterocycles. The molecule has 0 aliphatic carbocycles. The van der Waals surface area contributed by atoms with E-state index >= 15 is 0 Å². The van der Waals surface area contributed by atoms with Crippen LogP contribution in [0, 0.1) is 0 Å². The van der Waals surface area contributed by atoms with Crippen molar-refractivity contribution >= 4 is 46.0 Å². The quantitative estimate of drug-likeness (QED) is 0.647. The SMILES string of the molecule is O=C(O)C1=CSC2C(=Cc3cn4c5c(sc4n3)COCC5)C(=O)N12. The number of aromatic nitrogens is 2. The van der Waals surface area contributed by atoms with Gasteiger partial charge in [-0.15, -0.1) is 11.8 Å². The second-order valence-electron chi connectivity index (χ2n) is 5.66. The molecule has 0 radical (unpaired) electrons. The van der Waals surface area contributed by atoms with Gasteiger partial charge in [0.25, 0.3) is 5.91 Å². The Kier molecular flexibility index (Phi) is 2.94. The molecule has 1 atom stereocenters. The maximum Gasteiger partial charge on any atom is 0.353 e. The van der Waals surface area contributed by atoms with Crippen LogP contribution in [0.5, 0.6) is 0 Å². The van der Waals surface area contributed by atoms with Gasteiger partial charge in [0.05, 0.1) is 29.4 Å². The van der Waals surface area contributed by atoms with Crippen LogP contribution in [0.25, 0.3) is 11.0 Å². The number of β-lactam (4-membered cyclic amide) rings is 1. The number of hydrogen-bond donors (Lipinski definition) is 1. The number of ether oxygens (including phenoxy) is 1. The van der Waals surface area contributed by atoms with E-state index in [-0.39, 0.29) is 17.0 Å². The van der Waals surface area contributed by atoms with Crippen molar-refractivity contribution < 1.29 is 19.4 Å². The van der Waals surface area contributed by atoms with Gasteiger partial charge in [-0.2, -0.15) is 0 Å². The van der Waals surface area contributed by atoms with Crippen molar-refractivity contribution in [2.75, 3.05) is 6.61 Å². The molecule has 5 rings (SSSR count). The Hall–Kier alpha value is -2.10. The number of imidazole rings is 1. The van der Waals surface area contributed by atoms with E-state index in [2.05, 4.69) is 9.38 Å². The van der Waals surface area contributed by atoms with E-state index in [4.69, 9.17) is 9.84 Å². The number of carboxylic acids is 1. The van der Waals surface area contributed by atoms with Gasteiger partial charge in [-0.1, -0.05) is 11.3 Å². The first-order valence-electron chi connectivity index (χ1n) is 7.35. The normalized spacial score (nSPS) is 24.1. The molecule has 122 valence electrons. The minimum atomic E-state index is -1.08. The molecule has 2 aromatic rings. The second kappa shape index (κ2) is 4.95. The van der Waals surface area contributed by atoms with Crippen LogP contribution in [0.15, 0.2) is 22.9 Å². The first kappa shape index (κ1) is 14.3. The van der Waals surface area contributed by atoms with Crippen LogP contribution < -0.4 is 0 Å². The summed E-state index contributed by atoms with van der Waals surface area (Å²) in [4.78, 5) is 31.3. The lowest BCUT2D eigenvalue weighted by Crippen LogP contribution is -2.51. The lowest BCUT2D eigenvalue weighted by Gasteiger charge is -2.36. The highest BCUT2D eigenvalue weighted by atomic mass is 32.2. The van der Waals surface area contributed by atoms with Crippen LogP contribution in [0.2, 0.25) is 0 Å². The van der Waals surface area contributed by atoms with E-state index in [9.17, 15) is 9.59 Å². The third kappa shape index (κ3) is 1.86. The van der Waals surface area contributed by atoms with E-state index < -0.39 is 5.97 Å². The summed E-state index contributed by atoms with van der Waals surface area (Å²) in [6, 6.07) is 0. The van der Waals surface area contributed by atoms with Crippen LogP contribution in [-0.2, 0) is 27.4 Å². The molecule has 2 aromatic heterocycles. The Balaban J connectivity index is 1.47. The predicted octanol–water partition coefficient (Wildman–Crippen LogP) is 1.69. The zero-order valence-corrected chi connectivity index (χ0v) is 13.9. The molecule has 1 N–H and O–H groups in total. The average molecular weight is 361 g/mol. The summed E-state index contributed by atoms with van der Waals surface area (Å²) in [5, 5.41) is 10.4. The molecule has 0 bridgehead atoms. The number of rotatable bonds is 2. The van der Waals surface area contributed by atoms with Crippen molar-refractivity contribution in [3.8, 4) is 0 Å². The number of carboxylic acid groups (broad SMARTS) is 1. The molecule has 24 heavy (non-hydrogen) atoms.